The molecule has 0 unspecified atom stereocenters. The highest BCUT2D eigenvalue weighted by atomic mass is 16.5. The molecule has 1 heterocycles. The molecule has 1 N–H and O–H groups in total. The first-order valence-electron chi connectivity index (χ1n) is 6.41. The van der Waals surface area contributed by atoms with Crippen LogP contribution < -0.4 is 4.74 Å². The lowest BCUT2D eigenvalue weighted by Gasteiger charge is -2.19. The van der Waals surface area contributed by atoms with E-state index in [4.69, 9.17) is 14.3 Å². The van der Waals surface area contributed by atoms with Crippen LogP contribution in [0.2, 0.25) is 0 Å². The van der Waals surface area contributed by atoms with E-state index in [9.17, 15) is 4.79 Å². The lowest BCUT2D eigenvalue weighted by atomic mass is 9.87. The first-order chi connectivity index (χ1) is 9.38. The lowest BCUT2D eigenvalue weighted by Crippen LogP contribution is -2.10. The highest BCUT2D eigenvalue weighted by Gasteiger charge is 2.15. The van der Waals surface area contributed by atoms with Gasteiger partial charge < -0.3 is 14.3 Å². The zero-order chi connectivity index (χ0) is 14.8. The summed E-state index contributed by atoms with van der Waals surface area (Å²) in [7, 11) is 0. The molecule has 0 spiro atoms. The second-order valence-electron chi connectivity index (χ2n) is 5.63. The van der Waals surface area contributed by atoms with Crippen LogP contribution in [0.4, 0.5) is 0 Å². The van der Waals surface area contributed by atoms with Gasteiger partial charge in [0.2, 0.25) is 0 Å². The van der Waals surface area contributed by atoms with Gasteiger partial charge in [0.05, 0.1) is 6.26 Å². The molecule has 0 aliphatic rings. The van der Waals surface area contributed by atoms with E-state index in [-0.39, 0.29) is 17.6 Å². The zero-order valence-corrected chi connectivity index (χ0v) is 11.8. The number of furan rings is 1. The SMILES string of the molecule is CC(C)(C)c1ccc(OCc2occc2C(=O)O)cc1. The summed E-state index contributed by atoms with van der Waals surface area (Å²) in [6.45, 7) is 6.53. The minimum Gasteiger partial charge on any atom is -0.486 e. The molecule has 0 fully saturated rings. The second-order valence-corrected chi connectivity index (χ2v) is 5.63. The zero-order valence-electron chi connectivity index (χ0n) is 11.8. The van der Waals surface area contributed by atoms with Crippen molar-refractivity contribution in [3.63, 3.8) is 0 Å². The summed E-state index contributed by atoms with van der Waals surface area (Å²) in [6.07, 6.45) is 1.35. The van der Waals surface area contributed by atoms with Gasteiger partial charge in [-0.15, -0.1) is 0 Å². The summed E-state index contributed by atoms with van der Waals surface area (Å²) >= 11 is 0. The van der Waals surface area contributed by atoms with Crippen molar-refractivity contribution in [2.24, 2.45) is 0 Å². The number of carboxylic acids is 1. The van der Waals surface area contributed by atoms with Crippen molar-refractivity contribution >= 4 is 5.97 Å². The van der Waals surface area contributed by atoms with Crippen molar-refractivity contribution in [2.45, 2.75) is 32.8 Å². The van der Waals surface area contributed by atoms with E-state index in [1.807, 2.05) is 24.3 Å². The monoisotopic (exact) mass is 274 g/mol. The summed E-state index contributed by atoms with van der Waals surface area (Å²) in [5, 5.41) is 8.96. The number of hydrogen-bond acceptors (Lipinski definition) is 3. The fourth-order valence-corrected chi connectivity index (χ4v) is 1.84. The van der Waals surface area contributed by atoms with Gasteiger partial charge in [-0.2, -0.15) is 0 Å². The molecular weight excluding hydrogens is 256 g/mol. The van der Waals surface area contributed by atoms with Gasteiger partial charge in [0.25, 0.3) is 0 Å². The molecule has 0 atom stereocenters. The third-order valence-corrected chi connectivity index (χ3v) is 3.07. The topological polar surface area (TPSA) is 59.7 Å². The Bertz CT molecular complexity index is 588. The molecule has 0 saturated heterocycles. The second kappa shape index (κ2) is 5.41. The van der Waals surface area contributed by atoms with Crippen molar-refractivity contribution in [1.29, 1.82) is 0 Å². The van der Waals surface area contributed by atoms with Gasteiger partial charge in [-0.05, 0) is 29.2 Å². The van der Waals surface area contributed by atoms with Gasteiger partial charge in [0.1, 0.15) is 17.9 Å². The van der Waals surface area contributed by atoms with E-state index in [0.717, 1.165) is 0 Å². The first-order valence-corrected chi connectivity index (χ1v) is 6.41. The molecule has 2 aromatic rings. The predicted octanol–water partition coefficient (Wildman–Crippen LogP) is 3.85. The largest absolute Gasteiger partial charge is 0.486 e. The fourth-order valence-electron chi connectivity index (χ4n) is 1.84. The standard InChI is InChI=1S/C16H18O4/c1-16(2,3)11-4-6-12(7-5-11)20-10-14-13(15(17)18)8-9-19-14/h4-9H,10H2,1-3H3,(H,17,18). The molecule has 1 aromatic carbocycles. The number of benzene rings is 1. The maximum atomic E-state index is 10.9. The maximum absolute atomic E-state index is 10.9. The van der Waals surface area contributed by atoms with E-state index in [0.29, 0.717) is 11.5 Å². The molecule has 4 heteroatoms. The van der Waals surface area contributed by atoms with Gasteiger partial charge >= 0.3 is 5.97 Å². The lowest BCUT2D eigenvalue weighted by molar-refractivity contribution is 0.0692. The van der Waals surface area contributed by atoms with E-state index in [1.165, 1.54) is 17.9 Å². The Hall–Kier alpha value is -2.23. The smallest absolute Gasteiger partial charge is 0.339 e. The molecule has 0 radical (unpaired) electrons. The molecule has 2 rings (SSSR count). The molecule has 1 aromatic heterocycles. The number of ether oxygens (including phenoxy) is 1. The maximum Gasteiger partial charge on any atom is 0.339 e. The van der Waals surface area contributed by atoms with Crippen molar-refractivity contribution in [2.75, 3.05) is 0 Å². The van der Waals surface area contributed by atoms with Crippen molar-refractivity contribution in [3.8, 4) is 5.75 Å². The molecule has 0 aliphatic carbocycles. The third-order valence-electron chi connectivity index (χ3n) is 3.07. The van der Waals surface area contributed by atoms with Crippen LogP contribution in [-0.2, 0) is 12.0 Å². The van der Waals surface area contributed by atoms with Crippen LogP contribution in [0.1, 0.15) is 42.5 Å². The average molecular weight is 274 g/mol. The number of rotatable bonds is 4. The summed E-state index contributed by atoms with van der Waals surface area (Å²) in [4.78, 5) is 10.9. The molecule has 0 aliphatic heterocycles. The van der Waals surface area contributed by atoms with Crippen LogP contribution in [0.5, 0.6) is 5.75 Å². The molecule has 106 valence electrons. The summed E-state index contributed by atoms with van der Waals surface area (Å²) < 4.78 is 10.7. The Labute approximate surface area is 118 Å². The van der Waals surface area contributed by atoms with Gasteiger partial charge in [0, 0.05) is 0 Å². The summed E-state index contributed by atoms with van der Waals surface area (Å²) in [5.41, 5.74) is 1.45. The summed E-state index contributed by atoms with van der Waals surface area (Å²) in [5.74, 6) is -0.0106. The van der Waals surface area contributed by atoms with Crippen LogP contribution in [0.3, 0.4) is 0 Å². The van der Waals surface area contributed by atoms with Gasteiger partial charge in [-0.1, -0.05) is 32.9 Å². The van der Waals surface area contributed by atoms with Crippen LogP contribution in [-0.4, -0.2) is 11.1 Å². The van der Waals surface area contributed by atoms with Crippen LogP contribution >= 0.6 is 0 Å². The predicted molar refractivity (Wildman–Crippen MR) is 75.1 cm³/mol. The van der Waals surface area contributed by atoms with Gasteiger partial charge in [0.15, 0.2) is 5.76 Å². The van der Waals surface area contributed by atoms with Crippen LogP contribution in [0.25, 0.3) is 0 Å². The van der Waals surface area contributed by atoms with Gasteiger partial charge in [-0.3, -0.25) is 0 Å². The van der Waals surface area contributed by atoms with Crippen LogP contribution in [0.15, 0.2) is 41.0 Å². The molecule has 0 saturated carbocycles. The number of carboxylic acid groups (broad SMARTS) is 1. The van der Waals surface area contributed by atoms with E-state index < -0.39 is 5.97 Å². The first kappa shape index (κ1) is 14.2. The van der Waals surface area contributed by atoms with E-state index in [2.05, 4.69) is 20.8 Å². The molecule has 0 amide bonds. The molecule has 20 heavy (non-hydrogen) atoms. The van der Waals surface area contributed by atoms with Crippen molar-refractivity contribution in [1.82, 2.24) is 0 Å². The Morgan fingerprint density at radius 2 is 1.85 bits per heavy atom. The minimum absolute atomic E-state index is 0.0933. The number of aromatic carboxylic acids is 1. The normalized spacial score (nSPS) is 11.3. The van der Waals surface area contributed by atoms with Gasteiger partial charge in [-0.25, -0.2) is 4.79 Å². The highest BCUT2D eigenvalue weighted by molar-refractivity contribution is 5.88. The van der Waals surface area contributed by atoms with Crippen molar-refractivity contribution in [3.05, 3.63) is 53.5 Å². The average Bonchev–Trinajstić information content (AvgIpc) is 2.84. The fraction of sp³-hybridized carbons (Fsp3) is 0.312. The Morgan fingerprint density at radius 1 is 1.20 bits per heavy atom. The number of hydrogen-bond donors (Lipinski definition) is 1. The quantitative estimate of drug-likeness (QED) is 0.919. The van der Waals surface area contributed by atoms with Crippen molar-refractivity contribution < 1.29 is 19.1 Å². The minimum atomic E-state index is -1.01. The van der Waals surface area contributed by atoms with E-state index in [1.54, 1.807) is 0 Å². The molecule has 4 nitrogen and oxygen atoms in total. The molecular formula is C16H18O4. The van der Waals surface area contributed by atoms with Crippen LogP contribution in [0, 0.1) is 0 Å². The summed E-state index contributed by atoms with van der Waals surface area (Å²) in [6, 6.07) is 9.20. The molecule has 0 bridgehead atoms. The highest BCUT2D eigenvalue weighted by Crippen LogP contribution is 2.24. The Balaban J connectivity index is 2.04. The number of carbonyl (C=O) groups is 1. The van der Waals surface area contributed by atoms with E-state index >= 15 is 0 Å². The third kappa shape index (κ3) is 3.20. The Kier molecular flexibility index (Phi) is 3.84. The Morgan fingerprint density at radius 3 is 2.40 bits per heavy atom.